The molecule has 1 N–H and O–H groups in total. The molecular formula is C7H5F3INO. The molecule has 0 saturated heterocycles. The van der Waals surface area contributed by atoms with Crippen LogP contribution in [0.4, 0.5) is 13.2 Å². The quantitative estimate of drug-likeness (QED) is 0.850. The Balaban J connectivity index is 3.30. The fourth-order valence-corrected chi connectivity index (χ4v) is 1.44. The highest BCUT2D eigenvalue weighted by atomic mass is 127. The van der Waals surface area contributed by atoms with Gasteiger partial charge in [0, 0.05) is 9.77 Å². The number of halogens is 4. The summed E-state index contributed by atoms with van der Waals surface area (Å²) in [6, 6.07) is 0. The van der Waals surface area contributed by atoms with Crippen LogP contribution in [0.3, 0.4) is 0 Å². The van der Waals surface area contributed by atoms with Gasteiger partial charge in [0.25, 0.3) is 6.43 Å². The molecule has 0 aromatic carbocycles. The number of hydrogen-bond acceptors (Lipinski definition) is 2. The van der Waals surface area contributed by atoms with E-state index < -0.39 is 24.4 Å². The largest absolute Gasteiger partial charge is 0.390 e. The number of pyridine rings is 1. The van der Waals surface area contributed by atoms with Crippen LogP contribution in [0.2, 0.25) is 0 Å². The summed E-state index contributed by atoms with van der Waals surface area (Å²) in [5.74, 6) is -1.12. The van der Waals surface area contributed by atoms with E-state index >= 15 is 0 Å². The Kier molecular flexibility index (Phi) is 3.48. The first kappa shape index (κ1) is 10.7. The molecule has 0 unspecified atom stereocenters. The fraction of sp³-hybridized carbons (Fsp3) is 0.286. The summed E-state index contributed by atoms with van der Waals surface area (Å²) in [6.07, 6.45) is -1.78. The number of aliphatic hydroxyl groups is 1. The van der Waals surface area contributed by atoms with Gasteiger partial charge in [-0.25, -0.2) is 13.2 Å². The topological polar surface area (TPSA) is 33.1 Å². The first-order valence-corrected chi connectivity index (χ1v) is 4.37. The Morgan fingerprint density at radius 3 is 2.62 bits per heavy atom. The summed E-state index contributed by atoms with van der Waals surface area (Å²) in [6.45, 7) is -0.678. The number of nitrogens with zero attached hydrogens (tertiary/aromatic N) is 1. The second-order valence-electron chi connectivity index (χ2n) is 2.24. The van der Waals surface area contributed by atoms with Crippen LogP contribution in [0, 0.1) is 9.39 Å². The molecule has 13 heavy (non-hydrogen) atoms. The third-order valence-corrected chi connectivity index (χ3v) is 2.31. The lowest BCUT2D eigenvalue weighted by atomic mass is 10.2. The average molecular weight is 303 g/mol. The second-order valence-corrected chi connectivity index (χ2v) is 3.40. The molecule has 0 saturated carbocycles. The van der Waals surface area contributed by atoms with Crippen LogP contribution in [0.25, 0.3) is 0 Å². The van der Waals surface area contributed by atoms with Gasteiger partial charge in [-0.05, 0) is 22.6 Å². The Labute approximate surface area is 85.9 Å². The Bertz CT molecular complexity index is 319. The Morgan fingerprint density at radius 1 is 1.54 bits per heavy atom. The molecule has 1 heterocycles. The van der Waals surface area contributed by atoms with Crippen molar-refractivity contribution in [2.45, 2.75) is 13.0 Å². The summed E-state index contributed by atoms with van der Waals surface area (Å²) in [5, 5.41) is 8.57. The maximum Gasteiger partial charge on any atom is 0.267 e. The SMILES string of the molecule is OCc1ncc(I)c(C(F)F)c1F. The zero-order valence-electron chi connectivity index (χ0n) is 6.27. The summed E-state index contributed by atoms with van der Waals surface area (Å²) in [4.78, 5) is 3.47. The van der Waals surface area contributed by atoms with E-state index in [1.807, 2.05) is 0 Å². The molecule has 72 valence electrons. The molecule has 0 radical (unpaired) electrons. The molecule has 0 amide bonds. The van der Waals surface area contributed by atoms with Gasteiger partial charge in [-0.1, -0.05) is 0 Å². The van der Waals surface area contributed by atoms with E-state index in [9.17, 15) is 13.2 Å². The van der Waals surface area contributed by atoms with Crippen molar-refractivity contribution in [3.8, 4) is 0 Å². The second kappa shape index (κ2) is 4.23. The highest BCUT2D eigenvalue weighted by Gasteiger charge is 2.20. The van der Waals surface area contributed by atoms with E-state index in [0.29, 0.717) is 0 Å². The molecule has 0 bridgehead atoms. The standard InChI is InChI=1S/C7H5F3INO/c8-6-4(2-13)12-1-3(11)5(6)7(9)10/h1,7,13H,2H2. The fourth-order valence-electron chi connectivity index (χ4n) is 0.831. The number of hydrogen-bond donors (Lipinski definition) is 1. The van der Waals surface area contributed by atoms with Gasteiger partial charge in [-0.2, -0.15) is 0 Å². The predicted octanol–water partition coefficient (Wildman–Crippen LogP) is 2.26. The minimum atomic E-state index is -2.89. The molecule has 6 heteroatoms. The third-order valence-electron chi connectivity index (χ3n) is 1.45. The molecule has 0 fully saturated rings. The van der Waals surface area contributed by atoms with E-state index in [4.69, 9.17) is 5.11 Å². The van der Waals surface area contributed by atoms with E-state index in [0.717, 1.165) is 6.20 Å². The molecule has 0 aliphatic heterocycles. The maximum absolute atomic E-state index is 13.1. The van der Waals surface area contributed by atoms with E-state index in [1.165, 1.54) is 0 Å². The van der Waals surface area contributed by atoms with Gasteiger partial charge in [0.15, 0.2) is 5.82 Å². The summed E-state index contributed by atoms with van der Waals surface area (Å²) in [7, 11) is 0. The lowest BCUT2D eigenvalue weighted by molar-refractivity contribution is 0.144. The van der Waals surface area contributed by atoms with Crippen molar-refractivity contribution in [2.24, 2.45) is 0 Å². The first-order valence-electron chi connectivity index (χ1n) is 3.29. The normalized spacial score (nSPS) is 10.9. The summed E-state index contributed by atoms with van der Waals surface area (Å²) < 4.78 is 37.6. The Hall–Kier alpha value is -0.370. The highest BCUT2D eigenvalue weighted by molar-refractivity contribution is 14.1. The van der Waals surface area contributed by atoms with Crippen molar-refractivity contribution in [3.05, 3.63) is 26.8 Å². The van der Waals surface area contributed by atoms with E-state index in [1.54, 1.807) is 22.6 Å². The molecule has 0 aliphatic carbocycles. The van der Waals surface area contributed by atoms with E-state index in [2.05, 4.69) is 4.98 Å². The van der Waals surface area contributed by atoms with Gasteiger partial charge in [-0.3, -0.25) is 4.98 Å². The van der Waals surface area contributed by atoms with Crippen LogP contribution >= 0.6 is 22.6 Å². The molecule has 1 aromatic rings. The Morgan fingerprint density at radius 2 is 2.15 bits per heavy atom. The minimum Gasteiger partial charge on any atom is -0.390 e. The van der Waals surface area contributed by atoms with Crippen molar-refractivity contribution < 1.29 is 18.3 Å². The van der Waals surface area contributed by atoms with Crippen molar-refractivity contribution in [3.63, 3.8) is 0 Å². The van der Waals surface area contributed by atoms with Crippen LogP contribution in [0.1, 0.15) is 17.7 Å². The minimum absolute atomic E-state index is 0.0577. The van der Waals surface area contributed by atoms with Crippen LogP contribution in [0.15, 0.2) is 6.20 Å². The number of rotatable bonds is 2. The van der Waals surface area contributed by atoms with Crippen LogP contribution in [-0.4, -0.2) is 10.1 Å². The monoisotopic (exact) mass is 303 g/mol. The zero-order chi connectivity index (χ0) is 10.0. The summed E-state index contributed by atoms with van der Waals surface area (Å²) >= 11 is 1.57. The molecule has 1 aromatic heterocycles. The first-order chi connectivity index (χ1) is 6.07. The number of alkyl halides is 2. The molecule has 0 aliphatic rings. The molecule has 2 nitrogen and oxygen atoms in total. The number of aromatic nitrogens is 1. The molecule has 0 spiro atoms. The van der Waals surface area contributed by atoms with Crippen molar-refractivity contribution in [1.29, 1.82) is 0 Å². The van der Waals surface area contributed by atoms with Crippen LogP contribution < -0.4 is 0 Å². The summed E-state index contributed by atoms with van der Waals surface area (Å²) in [5.41, 5.74) is -1.05. The van der Waals surface area contributed by atoms with Crippen LogP contribution in [-0.2, 0) is 6.61 Å². The molecular weight excluding hydrogens is 298 g/mol. The van der Waals surface area contributed by atoms with Gasteiger partial charge >= 0.3 is 0 Å². The highest BCUT2D eigenvalue weighted by Crippen LogP contribution is 2.27. The van der Waals surface area contributed by atoms with Gasteiger partial charge < -0.3 is 5.11 Å². The van der Waals surface area contributed by atoms with Gasteiger partial charge in [0.05, 0.1) is 12.2 Å². The third kappa shape index (κ3) is 2.11. The van der Waals surface area contributed by atoms with E-state index in [-0.39, 0.29) is 9.26 Å². The molecule has 0 atom stereocenters. The maximum atomic E-state index is 13.1. The smallest absolute Gasteiger partial charge is 0.267 e. The van der Waals surface area contributed by atoms with Gasteiger partial charge in [0.2, 0.25) is 0 Å². The van der Waals surface area contributed by atoms with Crippen LogP contribution in [0.5, 0.6) is 0 Å². The van der Waals surface area contributed by atoms with Crippen molar-refractivity contribution in [2.75, 3.05) is 0 Å². The van der Waals surface area contributed by atoms with Crippen molar-refractivity contribution >= 4 is 22.6 Å². The predicted molar refractivity (Wildman–Crippen MR) is 47.8 cm³/mol. The lowest BCUT2D eigenvalue weighted by Crippen LogP contribution is -2.03. The zero-order valence-corrected chi connectivity index (χ0v) is 8.43. The number of aliphatic hydroxyl groups excluding tert-OH is 1. The average Bonchev–Trinajstić information content (AvgIpc) is 2.04. The van der Waals surface area contributed by atoms with Gasteiger partial charge in [0.1, 0.15) is 5.69 Å². The van der Waals surface area contributed by atoms with Crippen molar-refractivity contribution in [1.82, 2.24) is 4.98 Å². The molecule has 1 rings (SSSR count). The van der Waals surface area contributed by atoms with Gasteiger partial charge in [-0.15, -0.1) is 0 Å². The lowest BCUT2D eigenvalue weighted by Gasteiger charge is -2.06.